The molecule has 0 spiro atoms. The van der Waals surface area contributed by atoms with E-state index in [1.807, 2.05) is 0 Å². The van der Waals surface area contributed by atoms with Crippen LogP contribution in [-0.2, 0) is 6.42 Å². The lowest BCUT2D eigenvalue weighted by molar-refractivity contribution is 1.26. The topological polar surface area (TPSA) is 3.24 Å². The van der Waals surface area contributed by atoms with Gasteiger partial charge in [-0.3, -0.25) is 0 Å². The Hall–Kier alpha value is -4.10. The second kappa shape index (κ2) is 8.11. The fraction of sp³-hybridized carbons (Fsp3) is 0.0625. The summed E-state index contributed by atoms with van der Waals surface area (Å²) in [5.74, 6) is 0. The van der Waals surface area contributed by atoms with Crippen molar-refractivity contribution >= 4 is 17.1 Å². The lowest BCUT2D eigenvalue weighted by Crippen LogP contribution is -2.09. The first kappa shape index (κ1) is 19.6. The Morgan fingerprint density at radius 3 is 1.82 bits per heavy atom. The molecule has 0 unspecified atom stereocenters. The summed E-state index contributed by atoms with van der Waals surface area (Å²) in [5, 5.41) is 0. The molecule has 6 rings (SSSR count). The maximum atomic E-state index is 2.35. The highest BCUT2D eigenvalue weighted by Crippen LogP contribution is 2.40. The van der Waals surface area contributed by atoms with Crippen molar-refractivity contribution in [2.75, 3.05) is 4.90 Å². The summed E-state index contributed by atoms with van der Waals surface area (Å²) in [5.41, 5.74) is 12.8. The van der Waals surface area contributed by atoms with E-state index in [4.69, 9.17) is 0 Å². The van der Waals surface area contributed by atoms with Crippen LogP contribution in [0.4, 0.5) is 17.1 Å². The van der Waals surface area contributed by atoms with Gasteiger partial charge in [0.1, 0.15) is 0 Å². The smallest absolute Gasteiger partial charge is 0.0462 e. The van der Waals surface area contributed by atoms with E-state index >= 15 is 0 Å². The Morgan fingerprint density at radius 1 is 0.485 bits per heavy atom. The van der Waals surface area contributed by atoms with Gasteiger partial charge in [0.25, 0.3) is 0 Å². The molecule has 1 aliphatic carbocycles. The van der Waals surface area contributed by atoms with Crippen LogP contribution in [0.5, 0.6) is 0 Å². The van der Waals surface area contributed by atoms with Gasteiger partial charge >= 0.3 is 0 Å². The third-order valence-corrected chi connectivity index (χ3v) is 6.56. The van der Waals surface area contributed by atoms with Crippen LogP contribution in [0, 0.1) is 6.92 Å². The maximum Gasteiger partial charge on any atom is 0.0462 e. The van der Waals surface area contributed by atoms with Gasteiger partial charge in [-0.1, -0.05) is 84.4 Å². The normalized spacial score (nSPS) is 11.7. The molecule has 158 valence electrons. The predicted octanol–water partition coefficient (Wildman–Crippen LogP) is 8.70. The zero-order valence-corrected chi connectivity index (χ0v) is 18.7. The first-order valence-electron chi connectivity index (χ1n) is 11.5. The molecule has 1 aliphatic rings. The zero-order valence-electron chi connectivity index (χ0n) is 18.7. The summed E-state index contributed by atoms with van der Waals surface area (Å²) in [7, 11) is 0. The van der Waals surface area contributed by atoms with Crippen LogP contribution >= 0.6 is 0 Å². The molecule has 33 heavy (non-hydrogen) atoms. The number of aryl methyl sites for hydroxylation is 1. The van der Waals surface area contributed by atoms with E-state index < -0.39 is 0 Å². The summed E-state index contributed by atoms with van der Waals surface area (Å²) in [4.78, 5) is 2.31. The summed E-state index contributed by atoms with van der Waals surface area (Å²) in [6, 6.07) is 43.9. The Bertz CT molecular complexity index is 1410. The number of anilines is 3. The van der Waals surface area contributed by atoms with Gasteiger partial charge in [0.2, 0.25) is 0 Å². The molecule has 0 saturated carbocycles. The SMILES string of the molecule is Cc1ccc(N(c2ccccc2)c2ccc(-c3ccc4c(c3)-c3ccccc3C4)cc2)cc1. The Balaban J connectivity index is 1.38. The molecular formula is C32H25N. The largest absolute Gasteiger partial charge is 0.311 e. The van der Waals surface area contributed by atoms with Crippen LogP contribution < -0.4 is 4.90 Å². The van der Waals surface area contributed by atoms with Crippen LogP contribution in [0.1, 0.15) is 16.7 Å². The van der Waals surface area contributed by atoms with E-state index in [-0.39, 0.29) is 0 Å². The molecular weight excluding hydrogens is 398 g/mol. The summed E-state index contributed by atoms with van der Waals surface area (Å²) < 4.78 is 0. The Morgan fingerprint density at radius 2 is 1.06 bits per heavy atom. The molecule has 0 radical (unpaired) electrons. The minimum atomic E-state index is 1.04. The minimum Gasteiger partial charge on any atom is -0.311 e. The zero-order chi connectivity index (χ0) is 22.2. The van der Waals surface area contributed by atoms with Gasteiger partial charge in [0, 0.05) is 17.1 Å². The average Bonchev–Trinajstić information content (AvgIpc) is 3.24. The third kappa shape index (κ3) is 3.62. The third-order valence-electron chi connectivity index (χ3n) is 6.56. The van der Waals surface area contributed by atoms with Crippen molar-refractivity contribution in [3.05, 3.63) is 138 Å². The van der Waals surface area contributed by atoms with Crippen molar-refractivity contribution < 1.29 is 0 Å². The lowest BCUT2D eigenvalue weighted by atomic mass is 9.98. The molecule has 0 aliphatic heterocycles. The van der Waals surface area contributed by atoms with Crippen molar-refractivity contribution in [2.45, 2.75) is 13.3 Å². The lowest BCUT2D eigenvalue weighted by Gasteiger charge is -2.25. The van der Waals surface area contributed by atoms with Crippen LogP contribution in [0.25, 0.3) is 22.3 Å². The molecule has 0 fully saturated rings. The molecule has 0 N–H and O–H groups in total. The highest BCUT2D eigenvalue weighted by atomic mass is 15.1. The van der Waals surface area contributed by atoms with Gasteiger partial charge in [-0.2, -0.15) is 0 Å². The van der Waals surface area contributed by atoms with E-state index in [1.54, 1.807) is 0 Å². The van der Waals surface area contributed by atoms with Gasteiger partial charge in [-0.05, 0) is 89.2 Å². The van der Waals surface area contributed by atoms with E-state index in [2.05, 4.69) is 133 Å². The van der Waals surface area contributed by atoms with Crippen molar-refractivity contribution in [1.29, 1.82) is 0 Å². The number of hydrogen-bond acceptors (Lipinski definition) is 1. The molecule has 0 atom stereocenters. The van der Waals surface area contributed by atoms with Crippen LogP contribution in [0.2, 0.25) is 0 Å². The summed E-state index contributed by atoms with van der Waals surface area (Å²) >= 11 is 0. The summed E-state index contributed by atoms with van der Waals surface area (Å²) in [6.45, 7) is 2.13. The average molecular weight is 424 g/mol. The van der Waals surface area contributed by atoms with Gasteiger partial charge in [-0.25, -0.2) is 0 Å². The van der Waals surface area contributed by atoms with Crippen LogP contribution in [0.15, 0.2) is 121 Å². The Labute approximate surface area is 195 Å². The molecule has 0 aromatic heterocycles. The highest BCUT2D eigenvalue weighted by Gasteiger charge is 2.18. The number of hydrogen-bond donors (Lipinski definition) is 0. The van der Waals surface area contributed by atoms with E-state index in [9.17, 15) is 0 Å². The van der Waals surface area contributed by atoms with Gasteiger partial charge in [-0.15, -0.1) is 0 Å². The second-order valence-electron chi connectivity index (χ2n) is 8.76. The first-order valence-corrected chi connectivity index (χ1v) is 11.5. The number of rotatable bonds is 4. The first-order chi connectivity index (χ1) is 16.3. The quantitative estimate of drug-likeness (QED) is 0.274. The number of fused-ring (bicyclic) bond motifs is 3. The molecule has 5 aromatic rings. The predicted molar refractivity (Wildman–Crippen MR) is 140 cm³/mol. The van der Waals surface area contributed by atoms with E-state index in [0.29, 0.717) is 0 Å². The molecule has 0 amide bonds. The van der Waals surface area contributed by atoms with E-state index in [0.717, 1.165) is 23.5 Å². The molecule has 1 nitrogen and oxygen atoms in total. The number of para-hydroxylation sites is 1. The molecule has 0 heterocycles. The standard InChI is InChI=1S/C32H25N/c1-23-11-17-29(18-12-23)33(28-8-3-2-4-9-28)30-19-15-24(16-20-30)25-13-14-27-21-26-7-5-6-10-31(26)32(27)22-25/h2-20,22H,21H2,1H3. The maximum absolute atomic E-state index is 2.35. The minimum absolute atomic E-state index is 1.04. The van der Waals surface area contributed by atoms with Gasteiger partial charge in [0.15, 0.2) is 0 Å². The van der Waals surface area contributed by atoms with Crippen molar-refractivity contribution in [3.63, 3.8) is 0 Å². The van der Waals surface area contributed by atoms with Crippen molar-refractivity contribution in [2.24, 2.45) is 0 Å². The molecule has 0 bridgehead atoms. The summed E-state index contributed by atoms with van der Waals surface area (Å²) in [6.07, 6.45) is 1.04. The highest BCUT2D eigenvalue weighted by molar-refractivity contribution is 5.83. The van der Waals surface area contributed by atoms with E-state index in [1.165, 1.54) is 38.9 Å². The van der Waals surface area contributed by atoms with Gasteiger partial charge < -0.3 is 4.90 Å². The van der Waals surface area contributed by atoms with Crippen molar-refractivity contribution in [3.8, 4) is 22.3 Å². The molecule has 0 saturated heterocycles. The second-order valence-corrected chi connectivity index (χ2v) is 8.76. The fourth-order valence-electron chi connectivity index (χ4n) is 4.82. The Kier molecular flexibility index (Phi) is 4.81. The monoisotopic (exact) mass is 423 g/mol. The number of benzene rings is 5. The van der Waals surface area contributed by atoms with Crippen LogP contribution in [-0.4, -0.2) is 0 Å². The van der Waals surface area contributed by atoms with Crippen molar-refractivity contribution in [1.82, 2.24) is 0 Å². The molecule has 1 heteroatoms. The van der Waals surface area contributed by atoms with Crippen LogP contribution in [0.3, 0.4) is 0 Å². The van der Waals surface area contributed by atoms with Gasteiger partial charge in [0.05, 0.1) is 0 Å². The molecule has 5 aromatic carbocycles. The number of nitrogens with zero attached hydrogens (tertiary/aromatic N) is 1. The fourth-order valence-corrected chi connectivity index (χ4v) is 4.82.